The van der Waals surface area contributed by atoms with Crippen molar-refractivity contribution in [3.05, 3.63) is 72.4 Å². The normalized spacial score (nSPS) is 10.3. The van der Waals surface area contributed by atoms with E-state index in [0.29, 0.717) is 12.2 Å². The lowest BCUT2D eigenvalue weighted by atomic mass is 10.1. The monoisotopic (exact) mass is 406 g/mol. The Hall–Kier alpha value is -3.94. The third-order valence-electron chi connectivity index (χ3n) is 4.16. The maximum atomic E-state index is 12.7. The number of amides is 2. The van der Waals surface area contributed by atoms with Gasteiger partial charge in [0.05, 0.1) is 12.2 Å². The number of esters is 1. The second-order valence-corrected chi connectivity index (χ2v) is 6.34. The smallest absolute Gasteiger partial charge is 0.342 e. The fourth-order valence-electron chi connectivity index (χ4n) is 2.74. The molecule has 0 atom stereocenters. The molecule has 3 aromatic rings. The van der Waals surface area contributed by atoms with Crippen LogP contribution in [0.2, 0.25) is 0 Å². The lowest BCUT2D eigenvalue weighted by Gasteiger charge is -2.06. The van der Waals surface area contributed by atoms with Crippen LogP contribution in [0.25, 0.3) is 16.9 Å². The highest BCUT2D eigenvalue weighted by Crippen LogP contribution is 2.24. The fourth-order valence-corrected chi connectivity index (χ4v) is 2.74. The summed E-state index contributed by atoms with van der Waals surface area (Å²) in [5.74, 6) is -1.55. The maximum Gasteiger partial charge on any atom is 0.342 e. The van der Waals surface area contributed by atoms with Gasteiger partial charge < -0.3 is 15.4 Å². The van der Waals surface area contributed by atoms with Crippen LogP contribution < -0.4 is 10.6 Å². The average molecular weight is 406 g/mol. The number of carbonyl (C=O) groups excluding carboxylic acids is 3. The summed E-state index contributed by atoms with van der Waals surface area (Å²) in [5, 5.41) is 9.51. The SMILES string of the molecule is CCNC(=O)CNC(=O)COC(=O)c1cn(-c2ccccc2)nc1-c1ccccc1. The van der Waals surface area contributed by atoms with Crippen molar-refractivity contribution in [3.63, 3.8) is 0 Å². The van der Waals surface area contributed by atoms with Crippen molar-refractivity contribution in [2.24, 2.45) is 0 Å². The Bertz CT molecular complexity index is 1020. The van der Waals surface area contributed by atoms with Crippen molar-refractivity contribution in [2.45, 2.75) is 6.92 Å². The highest BCUT2D eigenvalue weighted by molar-refractivity contribution is 5.97. The van der Waals surface area contributed by atoms with Gasteiger partial charge in [-0.1, -0.05) is 48.5 Å². The summed E-state index contributed by atoms with van der Waals surface area (Å²) in [5.41, 5.74) is 2.22. The zero-order valence-corrected chi connectivity index (χ0v) is 16.5. The number of ether oxygens (including phenoxy) is 1. The molecule has 0 saturated carbocycles. The van der Waals surface area contributed by atoms with Gasteiger partial charge in [-0.05, 0) is 19.1 Å². The molecule has 8 heteroatoms. The van der Waals surface area contributed by atoms with Crippen molar-refractivity contribution >= 4 is 17.8 Å². The molecule has 154 valence electrons. The van der Waals surface area contributed by atoms with Gasteiger partial charge in [0.15, 0.2) is 6.61 Å². The van der Waals surface area contributed by atoms with Crippen LogP contribution in [0.3, 0.4) is 0 Å². The van der Waals surface area contributed by atoms with Gasteiger partial charge in [0.1, 0.15) is 11.3 Å². The van der Waals surface area contributed by atoms with Crippen LogP contribution >= 0.6 is 0 Å². The van der Waals surface area contributed by atoms with Crippen molar-refractivity contribution < 1.29 is 19.1 Å². The first-order valence-electron chi connectivity index (χ1n) is 9.49. The topological polar surface area (TPSA) is 102 Å². The Balaban J connectivity index is 1.75. The molecule has 0 spiro atoms. The van der Waals surface area contributed by atoms with Crippen LogP contribution in [-0.2, 0) is 14.3 Å². The summed E-state index contributed by atoms with van der Waals surface area (Å²) < 4.78 is 6.75. The number of hydrogen-bond acceptors (Lipinski definition) is 5. The second kappa shape index (κ2) is 10.0. The largest absolute Gasteiger partial charge is 0.452 e. The lowest BCUT2D eigenvalue weighted by Crippen LogP contribution is -2.38. The summed E-state index contributed by atoms with van der Waals surface area (Å²) in [6.07, 6.45) is 1.58. The average Bonchev–Trinajstić information content (AvgIpc) is 3.23. The molecule has 0 unspecified atom stereocenters. The Morgan fingerprint density at radius 1 is 0.933 bits per heavy atom. The van der Waals surface area contributed by atoms with Crippen molar-refractivity contribution in [1.29, 1.82) is 0 Å². The van der Waals surface area contributed by atoms with Crippen LogP contribution in [-0.4, -0.2) is 47.3 Å². The predicted octanol–water partition coefficient (Wildman–Crippen LogP) is 1.95. The van der Waals surface area contributed by atoms with Gasteiger partial charge in [-0.3, -0.25) is 9.59 Å². The van der Waals surface area contributed by atoms with Crippen molar-refractivity contribution in [3.8, 4) is 16.9 Å². The van der Waals surface area contributed by atoms with Gasteiger partial charge >= 0.3 is 5.97 Å². The molecule has 2 N–H and O–H groups in total. The van der Waals surface area contributed by atoms with Crippen LogP contribution in [0.4, 0.5) is 0 Å². The van der Waals surface area contributed by atoms with E-state index in [1.54, 1.807) is 17.8 Å². The first-order valence-corrected chi connectivity index (χ1v) is 9.49. The standard InChI is InChI=1S/C22H22N4O4/c1-2-23-19(27)13-24-20(28)15-30-22(29)18-14-26(17-11-7-4-8-12-17)25-21(18)16-9-5-3-6-10-16/h3-12,14H,2,13,15H2,1H3,(H,23,27)(H,24,28). The Labute approximate surface area is 173 Å². The molecule has 0 radical (unpaired) electrons. The number of aromatic nitrogens is 2. The minimum Gasteiger partial charge on any atom is -0.452 e. The Morgan fingerprint density at radius 3 is 2.27 bits per heavy atom. The number of nitrogens with zero attached hydrogens (tertiary/aromatic N) is 2. The quantitative estimate of drug-likeness (QED) is 0.557. The molecule has 2 amide bonds. The number of likely N-dealkylation sites (N-methyl/N-ethyl adjacent to an activating group) is 1. The van der Waals surface area contributed by atoms with Crippen LogP contribution in [0, 0.1) is 0 Å². The van der Waals surface area contributed by atoms with Crippen LogP contribution in [0.5, 0.6) is 0 Å². The number of benzene rings is 2. The number of nitrogens with one attached hydrogen (secondary N) is 2. The van der Waals surface area contributed by atoms with E-state index < -0.39 is 18.5 Å². The van der Waals surface area contributed by atoms with Crippen molar-refractivity contribution in [2.75, 3.05) is 19.7 Å². The molecule has 3 rings (SSSR count). The van der Waals surface area contributed by atoms with Gasteiger partial charge in [0.2, 0.25) is 5.91 Å². The van der Waals surface area contributed by atoms with E-state index in [9.17, 15) is 14.4 Å². The molecular weight excluding hydrogens is 384 g/mol. The van der Waals surface area contributed by atoms with Gasteiger partial charge in [-0.25, -0.2) is 9.48 Å². The third-order valence-corrected chi connectivity index (χ3v) is 4.16. The number of carbonyl (C=O) groups is 3. The summed E-state index contributed by atoms with van der Waals surface area (Å²) in [6, 6.07) is 18.6. The Kier molecular flexibility index (Phi) is 6.94. The van der Waals surface area contributed by atoms with Gasteiger partial charge in [-0.2, -0.15) is 5.10 Å². The zero-order chi connectivity index (χ0) is 21.3. The number of para-hydroxylation sites is 1. The molecule has 1 heterocycles. The summed E-state index contributed by atoms with van der Waals surface area (Å²) in [4.78, 5) is 36.0. The first kappa shape index (κ1) is 20.8. The van der Waals surface area contributed by atoms with E-state index in [2.05, 4.69) is 15.7 Å². The highest BCUT2D eigenvalue weighted by Gasteiger charge is 2.21. The molecule has 0 aliphatic rings. The van der Waals surface area contributed by atoms with Gasteiger partial charge in [-0.15, -0.1) is 0 Å². The molecule has 8 nitrogen and oxygen atoms in total. The molecular formula is C22H22N4O4. The van der Waals surface area contributed by atoms with E-state index in [4.69, 9.17) is 4.74 Å². The molecule has 0 aliphatic heterocycles. The van der Waals surface area contributed by atoms with Gasteiger partial charge in [0.25, 0.3) is 5.91 Å². The zero-order valence-electron chi connectivity index (χ0n) is 16.5. The second-order valence-electron chi connectivity index (χ2n) is 6.34. The minimum absolute atomic E-state index is 0.175. The van der Waals surface area contributed by atoms with E-state index in [1.807, 2.05) is 60.7 Å². The highest BCUT2D eigenvalue weighted by atomic mass is 16.5. The predicted molar refractivity (Wildman–Crippen MR) is 111 cm³/mol. The molecule has 30 heavy (non-hydrogen) atoms. The molecule has 2 aromatic carbocycles. The lowest BCUT2D eigenvalue weighted by molar-refractivity contribution is -0.127. The summed E-state index contributed by atoms with van der Waals surface area (Å²) >= 11 is 0. The molecule has 0 aliphatic carbocycles. The molecule has 0 bridgehead atoms. The Morgan fingerprint density at radius 2 is 1.60 bits per heavy atom. The van der Waals surface area contributed by atoms with E-state index in [0.717, 1.165) is 11.3 Å². The first-order chi connectivity index (χ1) is 14.6. The van der Waals surface area contributed by atoms with E-state index in [1.165, 1.54) is 0 Å². The minimum atomic E-state index is -0.677. The summed E-state index contributed by atoms with van der Waals surface area (Å²) in [6.45, 7) is 1.58. The summed E-state index contributed by atoms with van der Waals surface area (Å²) in [7, 11) is 0. The van der Waals surface area contributed by atoms with E-state index >= 15 is 0 Å². The molecule has 0 saturated heterocycles. The van der Waals surface area contributed by atoms with Crippen molar-refractivity contribution in [1.82, 2.24) is 20.4 Å². The maximum absolute atomic E-state index is 12.7. The molecule has 0 fully saturated rings. The molecule has 1 aromatic heterocycles. The van der Waals surface area contributed by atoms with Crippen LogP contribution in [0.15, 0.2) is 66.9 Å². The fraction of sp³-hybridized carbons (Fsp3) is 0.182. The number of hydrogen-bond donors (Lipinski definition) is 2. The third kappa shape index (κ3) is 5.32. The van der Waals surface area contributed by atoms with Gasteiger partial charge in [0, 0.05) is 18.3 Å². The van der Waals surface area contributed by atoms with Crippen LogP contribution in [0.1, 0.15) is 17.3 Å². The van der Waals surface area contributed by atoms with E-state index in [-0.39, 0.29) is 18.0 Å². The number of rotatable bonds is 8.